The molecule has 0 bridgehead atoms. The fourth-order valence-electron chi connectivity index (χ4n) is 7.92. The highest BCUT2D eigenvalue weighted by atomic mass is 16.5. The summed E-state index contributed by atoms with van der Waals surface area (Å²) < 4.78 is 9.13. The zero-order chi connectivity index (χ0) is 32.3. The molecule has 1 spiro atoms. The van der Waals surface area contributed by atoms with E-state index >= 15 is 0 Å². The Bertz CT molecular complexity index is 2300. The molecule has 7 aromatic rings. The van der Waals surface area contributed by atoms with Crippen molar-refractivity contribution in [1.82, 2.24) is 14.5 Å². The van der Waals surface area contributed by atoms with Gasteiger partial charge in [0.25, 0.3) is 0 Å². The van der Waals surface area contributed by atoms with Crippen molar-refractivity contribution in [2.45, 2.75) is 57.8 Å². The molecule has 0 fully saturated rings. The first-order valence-electron chi connectivity index (χ1n) is 16.5. The van der Waals surface area contributed by atoms with Crippen molar-refractivity contribution in [1.29, 1.82) is 0 Å². The average Bonchev–Trinajstić information content (AvgIpc) is 3.54. The SMILES string of the molecule is CC(C)(C)c1ccc2c(c1)c1cc(C(C)(C)C)ccc1n2-c1ccc2c(c1)C1(c3ccccc3O2)c2cccnc2-c2ncccc21. The fraction of sp³-hybridized carbons (Fsp3) is 0.209. The highest BCUT2D eigenvalue weighted by molar-refractivity contribution is 6.10. The number of nitrogens with zero attached hydrogens (tertiary/aromatic N) is 3. The monoisotopic (exact) mass is 611 g/mol. The van der Waals surface area contributed by atoms with E-state index in [4.69, 9.17) is 14.7 Å². The minimum absolute atomic E-state index is 0.0402. The van der Waals surface area contributed by atoms with Crippen molar-refractivity contribution in [3.63, 3.8) is 0 Å². The van der Waals surface area contributed by atoms with Crippen molar-refractivity contribution in [2.75, 3.05) is 0 Å². The zero-order valence-electron chi connectivity index (χ0n) is 27.7. The largest absolute Gasteiger partial charge is 0.457 e. The first-order chi connectivity index (χ1) is 22.6. The Morgan fingerprint density at radius 3 is 1.64 bits per heavy atom. The number of fused-ring (bicyclic) bond motifs is 12. The van der Waals surface area contributed by atoms with Crippen LogP contribution >= 0.6 is 0 Å². The molecule has 0 unspecified atom stereocenters. The quantitative estimate of drug-likeness (QED) is 0.185. The minimum Gasteiger partial charge on any atom is -0.457 e. The molecule has 0 atom stereocenters. The van der Waals surface area contributed by atoms with Gasteiger partial charge in [0.1, 0.15) is 11.5 Å². The van der Waals surface area contributed by atoms with Crippen molar-refractivity contribution >= 4 is 21.8 Å². The summed E-state index contributed by atoms with van der Waals surface area (Å²) in [6.07, 6.45) is 3.74. The molecule has 1 aliphatic heterocycles. The number of ether oxygens (including phenoxy) is 1. The molecule has 0 amide bonds. The minimum atomic E-state index is -0.620. The molecule has 1 aliphatic carbocycles. The summed E-state index contributed by atoms with van der Waals surface area (Å²) in [7, 11) is 0. The normalized spacial score (nSPS) is 14.5. The number of rotatable bonds is 1. The van der Waals surface area contributed by atoms with Gasteiger partial charge in [0.05, 0.1) is 27.8 Å². The molecule has 0 radical (unpaired) electrons. The molecular weight excluding hydrogens is 574 g/mol. The van der Waals surface area contributed by atoms with Gasteiger partial charge in [0, 0.05) is 40.0 Å². The van der Waals surface area contributed by atoms with Crippen LogP contribution in [0, 0.1) is 0 Å². The lowest BCUT2D eigenvalue weighted by Crippen LogP contribution is -2.32. The third kappa shape index (κ3) is 3.82. The van der Waals surface area contributed by atoms with Crippen molar-refractivity contribution in [3.05, 3.63) is 149 Å². The van der Waals surface area contributed by atoms with Crippen molar-refractivity contribution in [2.24, 2.45) is 0 Å². The van der Waals surface area contributed by atoms with Gasteiger partial charge in [-0.15, -0.1) is 0 Å². The van der Waals surface area contributed by atoms with Crippen LogP contribution in [0.3, 0.4) is 0 Å². The third-order valence-corrected chi connectivity index (χ3v) is 10.3. The first-order valence-corrected chi connectivity index (χ1v) is 16.5. The van der Waals surface area contributed by atoms with Crippen LogP contribution in [-0.4, -0.2) is 14.5 Å². The van der Waals surface area contributed by atoms with Crippen LogP contribution in [0.5, 0.6) is 11.5 Å². The van der Waals surface area contributed by atoms with E-state index in [2.05, 4.69) is 131 Å². The van der Waals surface area contributed by atoms with E-state index in [0.29, 0.717) is 0 Å². The summed E-state index contributed by atoms with van der Waals surface area (Å²) in [4.78, 5) is 9.80. The smallest absolute Gasteiger partial charge is 0.132 e. The van der Waals surface area contributed by atoms with Crippen molar-refractivity contribution in [3.8, 4) is 28.6 Å². The number of para-hydroxylation sites is 1. The Morgan fingerprint density at radius 1 is 0.532 bits per heavy atom. The Kier molecular flexibility index (Phi) is 5.62. The summed E-state index contributed by atoms with van der Waals surface area (Å²) in [5, 5.41) is 2.55. The van der Waals surface area contributed by atoms with Gasteiger partial charge in [0.15, 0.2) is 0 Å². The predicted molar refractivity (Wildman–Crippen MR) is 191 cm³/mol. The molecule has 9 rings (SSSR count). The number of pyridine rings is 2. The Labute approximate surface area is 275 Å². The van der Waals surface area contributed by atoms with E-state index in [1.54, 1.807) is 0 Å². The summed E-state index contributed by atoms with van der Waals surface area (Å²) in [5.41, 5.74) is 11.9. The molecule has 0 N–H and O–H groups in total. The van der Waals surface area contributed by atoms with Crippen LogP contribution in [0.1, 0.15) is 74.9 Å². The van der Waals surface area contributed by atoms with E-state index in [0.717, 1.165) is 50.8 Å². The van der Waals surface area contributed by atoms with Crippen molar-refractivity contribution < 1.29 is 4.74 Å². The van der Waals surface area contributed by atoms with E-state index in [-0.39, 0.29) is 10.8 Å². The van der Waals surface area contributed by atoms with Gasteiger partial charge < -0.3 is 9.30 Å². The van der Waals surface area contributed by atoms with Gasteiger partial charge in [-0.25, -0.2) is 0 Å². The lowest BCUT2D eigenvalue weighted by atomic mass is 9.66. The third-order valence-electron chi connectivity index (χ3n) is 10.3. The van der Waals surface area contributed by atoms with Gasteiger partial charge in [0.2, 0.25) is 0 Å². The number of aromatic nitrogens is 3. The molecular formula is C43H37N3O. The molecule has 4 aromatic carbocycles. The lowest BCUT2D eigenvalue weighted by Gasteiger charge is -2.39. The predicted octanol–water partition coefficient (Wildman–Crippen LogP) is 10.6. The van der Waals surface area contributed by atoms with Gasteiger partial charge in [-0.1, -0.05) is 84.0 Å². The van der Waals surface area contributed by atoms with Gasteiger partial charge in [-0.3, -0.25) is 9.97 Å². The highest BCUT2D eigenvalue weighted by Gasteiger charge is 2.52. The highest BCUT2D eigenvalue weighted by Crippen LogP contribution is 2.61. The second-order valence-corrected chi connectivity index (χ2v) is 15.1. The Morgan fingerprint density at radius 2 is 1.06 bits per heavy atom. The van der Waals surface area contributed by atoms with Gasteiger partial charge >= 0.3 is 0 Å². The maximum atomic E-state index is 6.70. The topological polar surface area (TPSA) is 39.9 Å². The Balaban J connectivity index is 1.38. The molecule has 4 heteroatoms. The van der Waals surface area contributed by atoms with Crippen LogP contribution in [-0.2, 0) is 16.2 Å². The lowest BCUT2D eigenvalue weighted by molar-refractivity contribution is 0.436. The molecule has 3 aromatic heterocycles. The molecule has 4 heterocycles. The maximum absolute atomic E-state index is 6.70. The fourth-order valence-corrected chi connectivity index (χ4v) is 7.92. The van der Waals surface area contributed by atoms with Gasteiger partial charge in [-0.2, -0.15) is 0 Å². The summed E-state index contributed by atoms with van der Waals surface area (Å²) >= 11 is 0. The molecule has 230 valence electrons. The summed E-state index contributed by atoms with van der Waals surface area (Å²) in [5.74, 6) is 1.71. The zero-order valence-corrected chi connectivity index (χ0v) is 27.7. The van der Waals surface area contributed by atoms with E-state index in [1.807, 2.05) is 30.6 Å². The summed E-state index contributed by atoms with van der Waals surface area (Å²) in [6.45, 7) is 13.7. The number of hydrogen-bond acceptors (Lipinski definition) is 3. The maximum Gasteiger partial charge on any atom is 0.132 e. The first kappa shape index (κ1) is 28.0. The second kappa shape index (κ2) is 9.42. The van der Waals surface area contributed by atoms with Gasteiger partial charge in [-0.05, 0) is 93.7 Å². The van der Waals surface area contributed by atoms with Crippen LogP contribution in [0.4, 0.5) is 0 Å². The van der Waals surface area contributed by atoms with E-state index in [1.165, 1.54) is 32.9 Å². The summed E-state index contributed by atoms with van der Waals surface area (Å²) in [6, 6.07) is 37.7. The average molecular weight is 612 g/mol. The van der Waals surface area contributed by atoms with Crippen LogP contribution in [0.15, 0.2) is 116 Å². The van der Waals surface area contributed by atoms with E-state index < -0.39 is 5.41 Å². The van der Waals surface area contributed by atoms with Crippen LogP contribution < -0.4 is 4.74 Å². The molecule has 47 heavy (non-hydrogen) atoms. The van der Waals surface area contributed by atoms with E-state index in [9.17, 15) is 0 Å². The second-order valence-electron chi connectivity index (χ2n) is 15.1. The van der Waals surface area contributed by atoms with Crippen LogP contribution in [0.25, 0.3) is 38.9 Å². The van der Waals surface area contributed by atoms with Crippen LogP contribution in [0.2, 0.25) is 0 Å². The molecule has 2 aliphatic rings. The standard InChI is InChI=1S/C43H37N3O/c1-41(2,3)26-15-18-35-29(23-26)30-24-27(42(4,5)6)16-19-36(30)46(35)28-17-20-38-34(25-28)43(31-11-7-8-14-37(31)47-38)32-12-9-21-44-39(32)40-33(43)13-10-22-45-40/h7-25H,1-6H3. The number of benzene rings is 4. The molecule has 4 nitrogen and oxygen atoms in total. The Hall–Kier alpha value is -5.22. The molecule has 0 saturated carbocycles. The molecule has 0 saturated heterocycles. The number of hydrogen-bond donors (Lipinski definition) is 0.